The number of rotatable bonds is 5. The van der Waals surface area contributed by atoms with Crippen LogP contribution < -0.4 is 10.1 Å². The number of nitrogens with one attached hydrogen (secondary N) is 1. The predicted octanol–water partition coefficient (Wildman–Crippen LogP) is 2.02. The van der Waals surface area contributed by atoms with Crippen molar-refractivity contribution in [3.05, 3.63) is 59.7 Å². The molecule has 0 saturated carbocycles. The minimum Gasteiger partial charge on any atom is -0.484 e. The van der Waals surface area contributed by atoms with Crippen LogP contribution in [0.1, 0.15) is 11.1 Å². The topological polar surface area (TPSA) is 75.7 Å². The number of benzene rings is 2. The van der Waals surface area contributed by atoms with Crippen LogP contribution in [-0.4, -0.2) is 38.0 Å². The molecule has 2 aromatic rings. The molecule has 1 amide bonds. The van der Waals surface area contributed by atoms with Crippen LogP contribution in [0.5, 0.6) is 5.75 Å². The van der Waals surface area contributed by atoms with Gasteiger partial charge in [0.2, 0.25) is 10.0 Å². The van der Waals surface area contributed by atoms with E-state index in [1.807, 2.05) is 36.4 Å². The molecule has 1 aliphatic heterocycles. The largest absolute Gasteiger partial charge is 0.484 e. The zero-order valence-electron chi connectivity index (χ0n) is 13.9. The first-order valence-electron chi connectivity index (χ1n) is 7.96. The molecule has 1 aliphatic rings. The lowest BCUT2D eigenvalue weighted by molar-refractivity contribution is -0.118. The van der Waals surface area contributed by atoms with Gasteiger partial charge < -0.3 is 10.1 Å². The first kappa shape index (κ1) is 17.4. The lowest BCUT2D eigenvalue weighted by atomic mass is 10.0. The minimum atomic E-state index is -3.22. The molecule has 0 saturated heterocycles. The van der Waals surface area contributed by atoms with Gasteiger partial charge in [0.05, 0.1) is 6.26 Å². The Bertz CT molecular complexity index is 866. The second-order valence-corrected chi connectivity index (χ2v) is 7.96. The average Bonchev–Trinajstić information content (AvgIpc) is 2.59. The molecule has 25 heavy (non-hydrogen) atoms. The molecule has 2 aromatic carbocycles. The molecule has 3 rings (SSSR count). The number of nitrogens with zero attached hydrogens (tertiary/aromatic N) is 1. The Morgan fingerprint density at radius 2 is 1.92 bits per heavy atom. The first-order valence-corrected chi connectivity index (χ1v) is 9.81. The van der Waals surface area contributed by atoms with E-state index in [1.165, 1.54) is 10.6 Å². The van der Waals surface area contributed by atoms with E-state index in [0.717, 1.165) is 11.1 Å². The number of hydrogen-bond acceptors (Lipinski definition) is 4. The average molecular weight is 360 g/mol. The van der Waals surface area contributed by atoms with Crippen molar-refractivity contribution in [3.63, 3.8) is 0 Å². The van der Waals surface area contributed by atoms with Crippen molar-refractivity contribution < 1.29 is 17.9 Å². The molecule has 0 fully saturated rings. The highest BCUT2D eigenvalue weighted by molar-refractivity contribution is 7.88. The van der Waals surface area contributed by atoms with Crippen LogP contribution in [0.15, 0.2) is 48.5 Å². The molecule has 0 aromatic heterocycles. The van der Waals surface area contributed by atoms with Gasteiger partial charge in [0.1, 0.15) is 5.75 Å². The Labute approximate surface area is 147 Å². The lowest BCUT2D eigenvalue weighted by Gasteiger charge is -2.27. The fourth-order valence-electron chi connectivity index (χ4n) is 2.75. The summed E-state index contributed by atoms with van der Waals surface area (Å²) in [5.41, 5.74) is 2.66. The van der Waals surface area contributed by atoms with Crippen LogP contribution in [-0.2, 0) is 27.8 Å². The Morgan fingerprint density at radius 1 is 1.16 bits per heavy atom. The SMILES string of the molecule is CS(=O)(=O)N1CCc2ccc(NC(=O)COc3ccccc3)cc2C1. The van der Waals surface area contributed by atoms with Crippen LogP contribution in [0.2, 0.25) is 0 Å². The van der Waals surface area contributed by atoms with E-state index in [2.05, 4.69) is 5.32 Å². The van der Waals surface area contributed by atoms with Crippen molar-refractivity contribution in [2.24, 2.45) is 0 Å². The van der Waals surface area contributed by atoms with Gasteiger partial charge in [0, 0.05) is 18.8 Å². The van der Waals surface area contributed by atoms with Gasteiger partial charge in [0.25, 0.3) is 5.91 Å². The van der Waals surface area contributed by atoms with Crippen LogP contribution in [0.4, 0.5) is 5.69 Å². The summed E-state index contributed by atoms with van der Waals surface area (Å²) < 4.78 is 30.3. The minimum absolute atomic E-state index is 0.0867. The number of carbonyl (C=O) groups excluding carboxylic acids is 1. The number of fused-ring (bicyclic) bond motifs is 1. The van der Waals surface area contributed by atoms with E-state index >= 15 is 0 Å². The summed E-state index contributed by atoms with van der Waals surface area (Å²) in [6, 6.07) is 14.7. The monoisotopic (exact) mass is 360 g/mol. The van der Waals surface area contributed by atoms with Crippen LogP contribution in [0.3, 0.4) is 0 Å². The molecular formula is C18H20N2O4S. The molecule has 6 nitrogen and oxygen atoms in total. The van der Waals surface area contributed by atoms with E-state index in [-0.39, 0.29) is 12.5 Å². The maximum absolute atomic E-state index is 12.0. The van der Waals surface area contributed by atoms with Gasteiger partial charge in [-0.2, -0.15) is 4.31 Å². The third-order valence-electron chi connectivity index (χ3n) is 4.05. The summed E-state index contributed by atoms with van der Waals surface area (Å²) in [7, 11) is -3.22. The van der Waals surface area contributed by atoms with Gasteiger partial charge in [-0.1, -0.05) is 24.3 Å². The van der Waals surface area contributed by atoms with Gasteiger partial charge in [-0.25, -0.2) is 8.42 Å². The fourth-order valence-corrected chi connectivity index (χ4v) is 3.55. The van der Waals surface area contributed by atoms with E-state index in [1.54, 1.807) is 12.1 Å². The number of sulfonamides is 1. The summed E-state index contributed by atoms with van der Waals surface area (Å²) in [6.45, 7) is 0.734. The van der Waals surface area contributed by atoms with Gasteiger partial charge in [0.15, 0.2) is 6.61 Å². The standard InChI is InChI=1S/C18H20N2O4S/c1-25(22,23)20-10-9-14-7-8-16(11-15(14)12-20)19-18(21)13-24-17-5-3-2-4-6-17/h2-8,11H,9-10,12-13H2,1H3,(H,19,21). The lowest BCUT2D eigenvalue weighted by Crippen LogP contribution is -2.35. The summed E-state index contributed by atoms with van der Waals surface area (Å²) >= 11 is 0. The maximum atomic E-state index is 12.0. The molecule has 7 heteroatoms. The molecule has 132 valence electrons. The van der Waals surface area contributed by atoms with E-state index in [0.29, 0.717) is 30.9 Å². The van der Waals surface area contributed by atoms with Crippen LogP contribution in [0, 0.1) is 0 Å². The molecule has 1 N–H and O–H groups in total. The molecular weight excluding hydrogens is 340 g/mol. The summed E-state index contributed by atoms with van der Waals surface area (Å²) in [5.74, 6) is 0.367. The Hall–Kier alpha value is -2.38. The molecule has 0 spiro atoms. The summed E-state index contributed by atoms with van der Waals surface area (Å²) in [5, 5.41) is 2.78. The van der Waals surface area contributed by atoms with E-state index < -0.39 is 10.0 Å². The molecule has 0 atom stereocenters. The summed E-state index contributed by atoms with van der Waals surface area (Å²) in [4.78, 5) is 12.0. The van der Waals surface area contributed by atoms with Crippen molar-refractivity contribution in [2.75, 3.05) is 24.7 Å². The second kappa shape index (κ2) is 7.25. The van der Waals surface area contributed by atoms with Gasteiger partial charge in [-0.3, -0.25) is 4.79 Å². The molecule has 0 radical (unpaired) electrons. The third-order valence-corrected chi connectivity index (χ3v) is 5.30. The summed E-state index contributed by atoms with van der Waals surface area (Å²) in [6.07, 6.45) is 1.89. The van der Waals surface area contributed by atoms with Crippen molar-refractivity contribution in [1.29, 1.82) is 0 Å². The zero-order valence-corrected chi connectivity index (χ0v) is 14.8. The van der Waals surface area contributed by atoms with E-state index in [9.17, 15) is 13.2 Å². The van der Waals surface area contributed by atoms with Crippen LogP contribution >= 0.6 is 0 Å². The molecule has 0 bridgehead atoms. The van der Waals surface area contributed by atoms with Crippen molar-refractivity contribution >= 4 is 21.6 Å². The Kier molecular flexibility index (Phi) is 5.06. The molecule has 0 unspecified atom stereocenters. The molecule has 1 heterocycles. The van der Waals surface area contributed by atoms with Crippen molar-refractivity contribution in [3.8, 4) is 5.75 Å². The predicted molar refractivity (Wildman–Crippen MR) is 96.0 cm³/mol. The van der Waals surface area contributed by atoms with Gasteiger partial charge in [-0.05, 0) is 41.8 Å². The highest BCUT2D eigenvalue weighted by Gasteiger charge is 2.23. The number of hydrogen-bond donors (Lipinski definition) is 1. The number of carbonyl (C=O) groups is 1. The van der Waals surface area contributed by atoms with E-state index in [4.69, 9.17) is 4.74 Å². The van der Waals surface area contributed by atoms with Crippen molar-refractivity contribution in [2.45, 2.75) is 13.0 Å². The first-order chi connectivity index (χ1) is 11.9. The van der Waals surface area contributed by atoms with Crippen molar-refractivity contribution in [1.82, 2.24) is 4.31 Å². The smallest absolute Gasteiger partial charge is 0.262 e. The number of ether oxygens (including phenoxy) is 1. The Morgan fingerprint density at radius 3 is 2.64 bits per heavy atom. The van der Waals surface area contributed by atoms with Gasteiger partial charge >= 0.3 is 0 Å². The third kappa shape index (κ3) is 4.58. The quantitative estimate of drug-likeness (QED) is 0.885. The Balaban J connectivity index is 1.63. The number of para-hydroxylation sites is 1. The fraction of sp³-hybridized carbons (Fsp3) is 0.278. The molecule has 0 aliphatic carbocycles. The normalized spacial score (nSPS) is 14.6. The highest BCUT2D eigenvalue weighted by Crippen LogP contribution is 2.24. The number of amides is 1. The zero-order chi connectivity index (χ0) is 17.9. The number of anilines is 1. The van der Waals surface area contributed by atoms with Gasteiger partial charge in [-0.15, -0.1) is 0 Å². The van der Waals surface area contributed by atoms with Crippen LogP contribution in [0.25, 0.3) is 0 Å². The second-order valence-electron chi connectivity index (χ2n) is 5.98. The highest BCUT2D eigenvalue weighted by atomic mass is 32.2. The maximum Gasteiger partial charge on any atom is 0.262 e.